The molecule has 5 nitrogen and oxygen atoms in total. The second-order valence-electron chi connectivity index (χ2n) is 12.8. The maximum absolute atomic E-state index is 6.11. The van der Waals surface area contributed by atoms with Crippen molar-refractivity contribution >= 4 is 0 Å². The summed E-state index contributed by atoms with van der Waals surface area (Å²) in [5.41, 5.74) is 5.90. The molecule has 1 aliphatic heterocycles. The van der Waals surface area contributed by atoms with Gasteiger partial charge in [-0.05, 0) is 19.4 Å². The van der Waals surface area contributed by atoms with E-state index in [1.807, 2.05) is 0 Å². The monoisotopic (exact) mass is 695 g/mol. The number of ether oxygens (including phenoxy) is 2. The standard InChI is InChI=1S/C35H74N3O2.HI/c1-3-5-7-9-11-13-15-17-19-21-32-39-34-27-37-25-29-38(30-26-37,28-23-24-36)31-35-40-33-22-20-18-16-14-12-10-8-6-4-2;/h3-36H2,1-2H3;1H/q+1;/p-1. The van der Waals surface area contributed by atoms with Gasteiger partial charge in [0.1, 0.15) is 6.54 Å². The van der Waals surface area contributed by atoms with Gasteiger partial charge >= 0.3 is 0 Å². The van der Waals surface area contributed by atoms with Crippen molar-refractivity contribution in [1.29, 1.82) is 0 Å². The molecule has 0 spiro atoms. The summed E-state index contributed by atoms with van der Waals surface area (Å²) in [5.74, 6) is 0. The summed E-state index contributed by atoms with van der Waals surface area (Å²) >= 11 is 0. The van der Waals surface area contributed by atoms with Crippen LogP contribution in [0, 0.1) is 0 Å². The van der Waals surface area contributed by atoms with Gasteiger partial charge in [0.25, 0.3) is 0 Å². The van der Waals surface area contributed by atoms with Crippen LogP contribution in [0.4, 0.5) is 0 Å². The molecule has 0 aromatic carbocycles. The minimum atomic E-state index is 0. The van der Waals surface area contributed by atoms with E-state index in [4.69, 9.17) is 15.2 Å². The topological polar surface area (TPSA) is 47.7 Å². The average Bonchev–Trinajstić information content (AvgIpc) is 2.98. The van der Waals surface area contributed by atoms with Crippen molar-refractivity contribution < 1.29 is 37.9 Å². The lowest BCUT2D eigenvalue weighted by atomic mass is 10.1. The summed E-state index contributed by atoms with van der Waals surface area (Å²) in [6.45, 7) is 17.4. The van der Waals surface area contributed by atoms with E-state index in [2.05, 4.69) is 18.7 Å². The van der Waals surface area contributed by atoms with E-state index in [0.717, 1.165) is 52.5 Å². The first-order chi connectivity index (χ1) is 19.8. The smallest absolute Gasteiger partial charge is 0.102 e. The van der Waals surface area contributed by atoms with Gasteiger partial charge < -0.3 is 43.7 Å². The Bertz CT molecular complexity index is 504. The molecule has 1 fully saturated rings. The minimum absolute atomic E-state index is 0. The highest BCUT2D eigenvalue weighted by atomic mass is 127. The molecule has 0 amide bonds. The quantitative estimate of drug-likeness (QED) is 0.0605. The van der Waals surface area contributed by atoms with Crippen molar-refractivity contribution in [2.75, 3.05) is 78.8 Å². The molecule has 1 aliphatic rings. The predicted octanol–water partition coefficient (Wildman–Crippen LogP) is 5.35. The SMILES string of the molecule is CCCCCCCCCCCCOCCN1CC[N+](CCCN)(CCOCCCCCCCCCCCC)CC1.[I-]. The van der Waals surface area contributed by atoms with Crippen LogP contribution in [-0.2, 0) is 9.47 Å². The average molecular weight is 696 g/mol. The second kappa shape index (κ2) is 31.9. The first-order valence-corrected chi connectivity index (χ1v) is 18.2. The van der Waals surface area contributed by atoms with Gasteiger partial charge in [-0.15, -0.1) is 0 Å². The molecule has 0 radical (unpaired) electrons. The molecule has 0 aromatic heterocycles. The van der Waals surface area contributed by atoms with Gasteiger partial charge in [-0.25, -0.2) is 0 Å². The summed E-state index contributed by atoms with van der Waals surface area (Å²) in [7, 11) is 0. The molecule has 248 valence electrons. The Kier molecular flexibility index (Phi) is 32.4. The Morgan fingerprint density at radius 1 is 0.512 bits per heavy atom. The zero-order valence-electron chi connectivity index (χ0n) is 28.0. The highest BCUT2D eigenvalue weighted by molar-refractivity contribution is 4.65. The number of piperazine rings is 1. The van der Waals surface area contributed by atoms with Gasteiger partial charge in [0.15, 0.2) is 0 Å². The molecule has 0 bridgehead atoms. The number of halogens is 1. The Morgan fingerprint density at radius 3 is 1.37 bits per heavy atom. The lowest BCUT2D eigenvalue weighted by molar-refractivity contribution is -0.932. The largest absolute Gasteiger partial charge is 1.00 e. The van der Waals surface area contributed by atoms with Crippen LogP contribution in [0.25, 0.3) is 0 Å². The Morgan fingerprint density at radius 2 is 0.927 bits per heavy atom. The molecule has 1 heterocycles. The summed E-state index contributed by atoms with van der Waals surface area (Å²) in [6.07, 6.45) is 28.8. The molecule has 0 aliphatic carbocycles. The van der Waals surface area contributed by atoms with Gasteiger partial charge in [-0.2, -0.15) is 0 Å². The van der Waals surface area contributed by atoms with E-state index in [-0.39, 0.29) is 24.0 Å². The highest BCUT2D eigenvalue weighted by Gasteiger charge is 2.32. The molecular formula is C35H74IN3O2. The zero-order chi connectivity index (χ0) is 28.8. The second-order valence-corrected chi connectivity index (χ2v) is 12.8. The van der Waals surface area contributed by atoms with Crippen molar-refractivity contribution in [3.63, 3.8) is 0 Å². The summed E-state index contributed by atoms with van der Waals surface area (Å²) in [6, 6.07) is 0. The van der Waals surface area contributed by atoms with E-state index in [0.29, 0.717) is 0 Å². The number of hydrogen-bond donors (Lipinski definition) is 1. The molecule has 41 heavy (non-hydrogen) atoms. The van der Waals surface area contributed by atoms with E-state index < -0.39 is 0 Å². The minimum Gasteiger partial charge on any atom is -1.00 e. The fourth-order valence-electron chi connectivity index (χ4n) is 6.18. The van der Waals surface area contributed by atoms with Crippen molar-refractivity contribution in [1.82, 2.24) is 4.90 Å². The van der Waals surface area contributed by atoms with Gasteiger partial charge in [-0.3, -0.25) is 4.90 Å². The predicted molar refractivity (Wildman–Crippen MR) is 175 cm³/mol. The van der Waals surface area contributed by atoms with Crippen LogP contribution < -0.4 is 29.7 Å². The number of unbranched alkanes of at least 4 members (excludes halogenated alkanes) is 18. The van der Waals surface area contributed by atoms with E-state index >= 15 is 0 Å². The third kappa shape index (κ3) is 25.5. The lowest BCUT2D eigenvalue weighted by Crippen LogP contribution is -3.00. The van der Waals surface area contributed by atoms with Crippen LogP contribution in [0.2, 0.25) is 0 Å². The highest BCUT2D eigenvalue weighted by Crippen LogP contribution is 2.15. The van der Waals surface area contributed by atoms with Crippen molar-refractivity contribution in [2.24, 2.45) is 5.73 Å². The maximum atomic E-state index is 6.11. The third-order valence-electron chi connectivity index (χ3n) is 9.16. The fraction of sp³-hybridized carbons (Fsp3) is 1.00. The number of nitrogens with zero attached hydrogens (tertiary/aromatic N) is 2. The fourth-order valence-corrected chi connectivity index (χ4v) is 6.18. The van der Waals surface area contributed by atoms with Crippen LogP contribution in [0.5, 0.6) is 0 Å². The zero-order valence-corrected chi connectivity index (χ0v) is 30.2. The van der Waals surface area contributed by atoms with Crippen molar-refractivity contribution in [3.05, 3.63) is 0 Å². The number of quaternary nitrogens is 1. The van der Waals surface area contributed by atoms with E-state index in [1.165, 1.54) is 166 Å². The van der Waals surface area contributed by atoms with Gasteiger partial charge in [0, 0.05) is 39.3 Å². The molecule has 0 aromatic rings. The Hall–Kier alpha value is 0.530. The molecule has 6 heteroatoms. The van der Waals surface area contributed by atoms with Crippen LogP contribution in [0.15, 0.2) is 0 Å². The van der Waals surface area contributed by atoms with Crippen molar-refractivity contribution in [3.8, 4) is 0 Å². The third-order valence-corrected chi connectivity index (χ3v) is 9.16. The van der Waals surface area contributed by atoms with Crippen molar-refractivity contribution in [2.45, 2.75) is 149 Å². The molecule has 1 saturated heterocycles. The Balaban J connectivity index is 0.0000160. The molecule has 2 N–H and O–H groups in total. The molecule has 0 atom stereocenters. The van der Waals surface area contributed by atoms with Crippen LogP contribution in [0.1, 0.15) is 149 Å². The number of rotatable bonds is 31. The molecule has 0 unspecified atom stereocenters. The van der Waals surface area contributed by atoms with Gasteiger partial charge in [0.2, 0.25) is 0 Å². The summed E-state index contributed by atoms with van der Waals surface area (Å²) < 4.78 is 13.3. The number of nitrogens with two attached hydrogens (primary N) is 1. The number of hydrogen-bond acceptors (Lipinski definition) is 4. The first kappa shape index (κ1) is 41.5. The maximum Gasteiger partial charge on any atom is 0.102 e. The van der Waals surface area contributed by atoms with Gasteiger partial charge in [-0.1, -0.05) is 129 Å². The summed E-state index contributed by atoms with van der Waals surface area (Å²) in [5, 5.41) is 0. The lowest BCUT2D eigenvalue weighted by Gasteiger charge is -2.45. The normalized spacial score (nSPS) is 15.3. The first-order valence-electron chi connectivity index (χ1n) is 18.2. The van der Waals surface area contributed by atoms with Gasteiger partial charge in [0.05, 0.1) is 32.8 Å². The van der Waals surface area contributed by atoms with E-state index in [9.17, 15) is 0 Å². The summed E-state index contributed by atoms with van der Waals surface area (Å²) in [4.78, 5) is 2.61. The Labute approximate surface area is 275 Å². The molecular weight excluding hydrogens is 621 g/mol. The van der Waals surface area contributed by atoms with E-state index in [1.54, 1.807) is 0 Å². The molecule has 1 rings (SSSR count). The molecule has 0 saturated carbocycles. The van der Waals surface area contributed by atoms with Crippen LogP contribution >= 0.6 is 0 Å². The van der Waals surface area contributed by atoms with Crippen LogP contribution in [0.3, 0.4) is 0 Å². The van der Waals surface area contributed by atoms with Crippen LogP contribution in [-0.4, -0.2) is 88.2 Å².